The third-order valence-electron chi connectivity index (χ3n) is 1.92. The fourth-order valence-electron chi connectivity index (χ4n) is 1.12. The van der Waals surface area contributed by atoms with Crippen LogP contribution >= 0.6 is 15.9 Å². The summed E-state index contributed by atoms with van der Waals surface area (Å²) in [5.74, 6) is -0.582. The van der Waals surface area contributed by atoms with Crippen LogP contribution in [0.3, 0.4) is 0 Å². The van der Waals surface area contributed by atoms with Crippen LogP contribution in [-0.2, 0) is 16.1 Å². The molecule has 0 saturated heterocycles. The molecule has 5 heteroatoms. The molecule has 0 saturated carbocycles. The second-order valence-corrected chi connectivity index (χ2v) is 4.07. The zero-order valence-electron chi connectivity index (χ0n) is 8.93. The van der Waals surface area contributed by atoms with Crippen LogP contribution in [0.1, 0.15) is 12.5 Å². The van der Waals surface area contributed by atoms with Gasteiger partial charge in [-0.05, 0) is 25.1 Å². The summed E-state index contributed by atoms with van der Waals surface area (Å²) in [5, 5.41) is 2.58. The molecule has 3 nitrogen and oxygen atoms in total. The van der Waals surface area contributed by atoms with E-state index in [9.17, 15) is 9.18 Å². The molecule has 16 heavy (non-hydrogen) atoms. The van der Waals surface area contributed by atoms with Crippen LogP contribution in [0.2, 0.25) is 0 Å². The molecule has 0 aliphatic carbocycles. The number of nitrogens with one attached hydrogen (secondary N) is 1. The van der Waals surface area contributed by atoms with Crippen LogP contribution in [0.25, 0.3) is 0 Å². The minimum Gasteiger partial charge on any atom is -0.372 e. The van der Waals surface area contributed by atoms with Gasteiger partial charge in [0, 0.05) is 23.2 Å². The van der Waals surface area contributed by atoms with Crippen molar-refractivity contribution in [3.8, 4) is 0 Å². The van der Waals surface area contributed by atoms with Crippen molar-refractivity contribution in [2.75, 3.05) is 13.2 Å². The fraction of sp³-hybridized carbons (Fsp3) is 0.364. The molecule has 88 valence electrons. The Kier molecular flexibility index (Phi) is 5.42. The number of carbonyl (C=O) groups is 1. The van der Waals surface area contributed by atoms with E-state index in [-0.39, 0.29) is 24.9 Å². The lowest BCUT2D eigenvalue weighted by Crippen LogP contribution is -2.27. The van der Waals surface area contributed by atoms with Gasteiger partial charge in [-0.1, -0.05) is 15.9 Å². The Morgan fingerprint density at radius 3 is 3.00 bits per heavy atom. The quantitative estimate of drug-likeness (QED) is 0.903. The Bertz CT molecular complexity index is 371. The minimum atomic E-state index is -0.333. The predicted octanol–water partition coefficient (Wildman–Crippen LogP) is 2.24. The second-order valence-electron chi connectivity index (χ2n) is 3.15. The molecule has 0 atom stereocenters. The van der Waals surface area contributed by atoms with E-state index >= 15 is 0 Å². The molecule has 0 radical (unpaired) electrons. The molecular weight excluding hydrogens is 277 g/mol. The summed E-state index contributed by atoms with van der Waals surface area (Å²) < 4.78 is 19.0. The first kappa shape index (κ1) is 13.1. The lowest BCUT2D eigenvalue weighted by atomic mass is 10.2. The maximum Gasteiger partial charge on any atom is 0.246 e. The van der Waals surface area contributed by atoms with E-state index in [1.807, 2.05) is 0 Å². The number of amides is 1. The molecule has 1 N–H and O–H groups in total. The Morgan fingerprint density at radius 1 is 1.56 bits per heavy atom. The van der Waals surface area contributed by atoms with E-state index in [2.05, 4.69) is 21.2 Å². The van der Waals surface area contributed by atoms with Gasteiger partial charge in [-0.15, -0.1) is 0 Å². The molecule has 0 bridgehead atoms. The summed E-state index contributed by atoms with van der Waals surface area (Å²) in [5.41, 5.74) is 0.444. The summed E-state index contributed by atoms with van der Waals surface area (Å²) >= 11 is 3.24. The standard InChI is InChI=1S/C11H13BrFNO2/c1-2-16-7-11(15)14-6-8-5-9(12)3-4-10(8)13/h3-5H,2,6-7H2,1H3,(H,14,15). The van der Waals surface area contributed by atoms with Crippen molar-refractivity contribution in [2.45, 2.75) is 13.5 Å². The lowest BCUT2D eigenvalue weighted by Gasteiger charge is -2.06. The van der Waals surface area contributed by atoms with Crippen molar-refractivity contribution in [2.24, 2.45) is 0 Å². The fourth-order valence-corrected chi connectivity index (χ4v) is 1.53. The van der Waals surface area contributed by atoms with Gasteiger partial charge in [0.2, 0.25) is 5.91 Å². The number of hydrogen-bond acceptors (Lipinski definition) is 2. The third-order valence-corrected chi connectivity index (χ3v) is 2.41. The summed E-state index contributed by atoms with van der Waals surface area (Å²) in [6, 6.07) is 4.60. The molecule has 1 amide bonds. The molecule has 0 aromatic heterocycles. The predicted molar refractivity (Wildman–Crippen MR) is 62.4 cm³/mol. The molecule has 1 aromatic rings. The Balaban J connectivity index is 2.47. The topological polar surface area (TPSA) is 38.3 Å². The van der Waals surface area contributed by atoms with E-state index in [4.69, 9.17) is 4.74 Å². The van der Waals surface area contributed by atoms with E-state index < -0.39 is 0 Å². The number of rotatable bonds is 5. The van der Waals surface area contributed by atoms with Gasteiger partial charge in [-0.25, -0.2) is 4.39 Å². The van der Waals surface area contributed by atoms with Crippen molar-refractivity contribution in [3.05, 3.63) is 34.1 Å². The van der Waals surface area contributed by atoms with Gasteiger partial charge >= 0.3 is 0 Å². The number of ether oxygens (including phenoxy) is 1. The van der Waals surface area contributed by atoms with Crippen LogP contribution in [-0.4, -0.2) is 19.1 Å². The summed E-state index contributed by atoms with van der Waals surface area (Å²) in [7, 11) is 0. The first-order valence-electron chi connectivity index (χ1n) is 4.92. The summed E-state index contributed by atoms with van der Waals surface area (Å²) in [4.78, 5) is 11.2. The molecule has 0 spiro atoms. The van der Waals surface area contributed by atoms with Crippen molar-refractivity contribution in [1.29, 1.82) is 0 Å². The molecule has 0 unspecified atom stereocenters. The summed E-state index contributed by atoms with van der Waals surface area (Å²) in [6.07, 6.45) is 0. The van der Waals surface area contributed by atoms with Gasteiger partial charge in [-0.2, -0.15) is 0 Å². The van der Waals surface area contributed by atoms with Crippen LogP contribution in [0.4, 0.5) is 4.39 Å². The van der Waals surface area contributed by atoms with Crippen LogP contribution in [0.15, 0.2) is 22.7 Å². The first-order valence-corrected chi connectivity index (χ1v) is 5.71. The van der Waals surface area contributed by atoms with Crippen molar-refractivity contribution in [1.82, 2.24) is 5.32 Å². The van der Waals surface area contributed by atoms with E-state index in [1.165, 1.54) is 6.07 Å². The first-order chi connectivity index (χ1) is 7.63. The van der Waals surface area contributed by atoms with E-state index in [0.717, 1.165) is 4.47 Å². The zero-order chi connectivity index (χ0) is 12.0. The number of halogens is 2. The average Bonchev–Trinajstić information content (AvgIpc) is 2.27. The maximum absolute atomic E-state index is 13.3. The van der Waals surface area contributed by atoms with Gasteiger partial charge in [0.15, 0.2) is 0 Å². The number of hydrogen-bond donors (Lipinski definition) is 1. The maximum atomic E-state index is 13.3. The molecule has 1 aromatic carbocycles. The van der Waals surface area contributed by atoms with Gasteiger partial charge in [0.1, 0.15) is 12.4 Å². The van der Waals surface area contributed by atoms with Crippen LogP contribution in [0, 0.1) is 5.82 Å². The van der Waals surface area contributed by atoms with Gasteiger partial charge < -0.3 is 10.1 Å². The van der Waals surface area contributed by atoms with Gasteiger partial charge in [0.25, 0.3) is 0 Å². The van der Waals surface area contributed by atoms with E-state index in [1.54, 1.807) is 19.1 Å². The van der Waals surface area contributed by atoms with Crippen LogP contribution < -0.4 is 5.32 Å². The normalized spacial score (nSPS) is 10.2. The highest BCUT2D eigenvalue weighted by Gasteiger charge is 2.05. The third kappa shape index (κ3) is 4.28. The molecule has 0 aliphatic heterocycles. The smallest absolute Gasteiger partial charge is 0.246 e. The monoisotopic (exact) mass is 289 g/mol. The molecule has 0 fully saturated rings. The highest BCUT2D eigenvalue weighted by atomic mass is 79.9. The summed E-state index contributed by atoms with van der Waals surface area (Å²) in [6.45, 7) is 2.46. The Hall–Kier alpha value is -0.940. The van der Waals surface area contributed by atoms with Gasteiger partial charge in [-0.3, -0.25) is 4.79 Å². The average molecular weight is 290 g/mol. The zero-order valence-corrected chi connectivity index (χ0v) is 10.5. The molecule has 1 rings (SSSR count). The molecule has 0 heterocycles. The Morgan fingerprint density at radius 2 is 2.31 bits per heavy atom. The SMILES string of the molecule is CCOCC(=O)NCc1cc(Br)ccc1F. The Labute approximate surface area is 102 Å². The van der Waals surface area contributed by atoms with Crippen molar-refractivity contribution >= 4 is 21.8 Å². The largest absolute Gasteiger partial charge is 0.372 e. The molecular formula is C11H13BrFNO2. The van der Waals surface area contributed by atoms with Crippen LogP contribution in [0.5, 0.6) is 0 Å². The highest BCUT2D eigenvalue weighted by Crippen LogP contribution is 2.15. The number of carbonyl (C=O) groups excluding carboxylic acids is 1. The van der Waals surface area contributed by atoms with Crippen molar-refractivity contribution in [3.63, 3.8) is 0 Å². The minimum absolute atomic E-state index is 0.00607. The van der Waals surface area contributed by atoms with Crippen molar-refractivity contribution < 1.29 is 13.9 Å². The second kappa shape index (κ2) is 6.60. The van der Waals surface area contributed by atoms with Gasteiger partial charge in [0.05, 0.1) is 0 Å². The molecule has 0 aliphatic rings. The highest BCUT2D eigenvalue weighted by molar-refractivity contribution is 9.10. The van der Waals surface area contributed by atoms with E-state index in [0.29, 0.717) is 12.2 Å². The number of benzene rings is 1. The lowest BCUT2D eigenvalue weighted by molar-refractivity contribution is -0.125.